The third-order valence-corrected chi connectivity index (χ3v) is 5.05. The monoisotopic (exact) mass is 357 g/mol. The van der Waals surface area contributed by atoms with Crippen molar-refractivity contribution in [2.75, 3.05) is 6.54 Å². The molecule has 3 heterocycles. The van der Waals surface area contributed by atoms with Crippen LogP contribution >= 0.6 is 11.3 Å². The predicted molar refractivity (Wildman–Crippen MR) is 102 cm³/mol. The normalized spacial score (nSPS) is 12.7. The molecule has 3 aromatic rings. The van der Waals surface area contributed by atoms with Crippen molar-refractivity contribution in [2.45, 2.75) is 39.8 Å². The van der Waals surface area contributed by atoms with Gasteiger partial charge in [-0.05, 0) is 45.9 Å². The van der Waals surface area contributed by atoms with E-state index in [2.05, 4.69) is 23.4 Å². The molecule has 0 aliphatic heterocycles. The predicted octanol–water partition coefficient (Wildman–Crippen LogP) is 3.13. The number of pyridine rings is 1. The SMILES string of the molecule is Cc1ccc(-c2cc(C(=O)N[C@@H](C)CN)c3cnn(C(C)C)c3n2)s1. The molecule has 132 valence electrons. The Morgan fingerprint density at radius 2 is 2.12 bits per heavy atom. The second-order valence-electron chi connectivity index (χ2n) is 6.50. The lowest BCUT2D eigenvalue weighted by Crippen LogP contribution is -2.37. The first-order valence-corrected chi connectivity index (χ1v) is 9.18. The summed E-state index contributed by atoms with van der Waals surface area (Å²) < 4.78 is 1.85. The highest BCUT2D eigenvalue weighted by Gasteiger charge is 2.19. The second kappa shape index (κ2) is 6.93. The van der Waals surface area contributed by atoms with E-state index >= 15 is 0 Å². The van der Waals surface area contributed by atoms with Gasteiger partial charge in [0.25, 0.3) is 5.91 Å². The summed E-state index contributed by atoms with van der Waals surface area (Å²) in [6, 6.07) is 6.00. The minimum atomic E-state index is -0.150. The fraction of sp³-hybridized carbons (Fsp3) is 0.389. The van der Waals surface area contributed by atoms with Gasteiger partial charge < -0.3 is 11.1 Å². The summed E-state index contributed by atoms with van der Waals surface area (Å²) in [5, 5.41) is 8.12. The topological polar surface area (TPSA) is 85.8 Å². The number of amides is 1. The van der Waals surface area contributed by atoms with Crippen molar-refractivity contribution in [3.8, 4) is 10.6 Å². The van der Waals surface area contributed by atoms with Crippen molar-refractivity contribution in [3.05, 3.63) is 34.8 Å². The third kappa shape index (κ3) is 3.43. The van der Waals surface area contributed by atoms with Gasteiger partial charge in [0.1, 0.15) is 0 Å². The number of aryl methyl sites for hydroxylation is 1. The maximum absolute atomic E-state index is 12.8. The van der Waals surface area contributed by atoms with E-state index in [1.165, 1.54) is 4.88 Å². The van der Waals surface area contributed by atoms with Gasteiger partial charge in [0.15, 0.2) is 5.65 Å². The van der Waals surface area contributed by atoms with Crippen LogP contribution in [-0.2, 0) is 0 Å². The molecule has 0 fully saturated rings. The van der Waals surface area contributed by atoms with Crippen LogP contribution in [0, 0.1) is 6.92 Å². The second-order valence-corrected chi connectivity index (χ2v) is 7.78. The van der Waals surface area contributed by atoms with E-state index in [9.17, 15) is 4.79 Å². The van der Waals surface area contributed by atoms with Gasteiger partial charge in [0.05, 0.1) is 27.7 Å². The molecule has 0 saturated carbocycles. The van der Waals surface area contributed by atoms with Crippen molar-refractivity contribution >= 4 is 28.3 Å². The summed E-state index contributed by atoms with van der Waals surface area (Å²) in [6.45, 7) is 8.43. The van der Waals surface area contributed by atoms with Crippen LogP contribution in [0.2, 0.25) is 0 Å². The minimum Gasteiger partial charge on any atom is -0.348 e. The highest BCUT2D eigenvalue weighted by atomic mass is 32.1. The first kappa shape index (κ1) is 17.6. The molecule has 25 heavy (non-hydrogen) atoms. The minimum absolute atomic E-state index is 0.0942. The number of fused-ring (bicyclic) bond motifs is 1. The fourth-order valence-electron chi connectivity index (χ4n) is 2.64. The molecule has 0 aromatic carbocycles. The van der Waals surface area contributed by atoms with Crippen molar-refractivity contribution < 1.29 is 4.79 Å². The molecule has 0 saturated heterocycles. The summed E-state index contributed by atoms with van der Waals surface area (Å²) in [7, 11) is 0. The Bertz CT molecular complexity index is 911. The molecule has 7 heteroatoms. The third-order valence-electron chi connectivity index (χ3n) is 4.02. The van der Waals surface area contributed by atoms with Crippen molar-refractivity contribution in [1.29, 1.82) is 0 Å². The van der Waals surface area contributed by atoms with E-state index < -0.39 is 0 Å². The number of aromatic nitrogens is 3. The highest BCUT2D eigenvalue weighted by molar-refractivity contribution is 7.15. The molecule has 0 spiro atoms. The van der Waals surface area contributed by atoms with E-state index in [0.717, 1.165) is 21.6 Å². The lowest BCUT2D eigenvalue weighted by Gasteiger charge is -2.13. The molecular formula is C18H23N5OS. The largest absolute Gasteiger partial charge is 0.348 e. The molecule has 0 aliphatic carbocycles. The van der Waals surface area contributed by atoms with Gasteiger partial charge in [-0.3, -0.25) is 4.79 Å². The van der Waals surface area contributed by atoms with Gasteiger partial charge in [0.2, 0.25) is 0 Å². The van der Waals surface area contributed by atoms with Crippen molar-refractivity contribution in [1.82, 2.24) is 20.1 Å². The van der Waals surface area contributed by atoms with Gasteiger partial charge in [-0.15, -0.1) is 11.3 Å². The van der Waals surface area contributed by atoms with Crippen LogP contribution in [-0.4, -0.2) is 33.3 Å². The molecule has 1 amide bonds. The number of hydrogen-bond donors (Lipinski definition) is 2. The van der Waals surface area contributed by atoms with Gasteiger partial charge in [-0.2, -0.15) is 5.10 Å². The molecule has 0 unspecified atom stereocenters. The molecule has 1 atom stereocenters. The Labute approximate surface area is 151 Å². The highest BCUT2D eigenvalue weighted by Crippen LogP contribution is 2.30. The van der Waals surface area contributed by atoms with Crippen LogP contribution in [0.5, 0.6) is 0 Å². The van der Waals surface area contributed by atoms with Gasteiger partial charge in [0, 0.05) is 23.5 Å². The molecule has 3 N–H and O–H groups in total. The van der Waals surface area contributed by atoms with E-state index in [4.69, 9.17) is 10.7 Å². The standard InChI is InChI=1S/C18H23N5OS/c1-10(2)23-17-14(9-20-23)13(18(24)21-11(3)8-19)7-15(22-17)16-6-5-12(4)25-16/h5-7,9-11H,8,19H2,1-4H3,(H,21,24)/t11-/m0/s1. The maximum atomic E-state index is 12.8. The summed E-state index contributed by atoms with van der Waals surface area (Å²) in [5.41, 5.74) is 7.73. The zero-order valence-corrected chi connectivity index (χ0v) is 15.7. The maximum Gasteiger partial charge on any atom is 0.252 e. The Kier molecular flexibility index (Phi) is 4.87. The fourth-order valence-corrected chi connectivity index (χ4v) is 3.47. The molecule has 6 nitrogen and oxygen atoms in total. The molecular weight excluding hydrogens is 334 g/mol. The number of rotatable bonds is 5. The summed E-state index contributed by atoms with van der Waals surface area (Å²) in [4.78, 5) is 19.8. The number of carbonyl (C=O) groups is 1. The number of nitrogens with one attached hydrogen (secondary N) is 1. The smallest absolute Gasteiger partial charge is 0.252 e. The van der Waals surface area contributed by atoms with E-state index in [1.807, 2.05) is 37.6 Å². The first-order chi connectivity index (χ1) is 11.9. The van der Waals surface area contributed by atoms with Crippen LogP contribution in [0.3, 0.4) is 0 Å². The van der Waals surface area contributed by atoms with Crippen LogP contribution in [0.25, 0.3) is 21.6 Å². The summed E-state index contributed by atoms with van der Waals surface area (Å²) >= 11 is 1.66. The average Bonchev–Trinajstić information content (AvgIpc) is 3.19. The Morgan fingerprint density at radius 3 is 2.72 bits per heavy atom. The van der Waals surface area contributed by atoms with Gasteiger partial charge in [-0.1, -0.05) is 0 Å². The lowest BCUT2D eigenvalue weighted by atomic mass is 10.1. The number of carbonyl (C=O) groups excluding carboxylic acids is 1. The lowest BCUT2D eigenvalue weighted by molar-refractivity contribution is 0.0943. The average molecular weight is 357 g/mol. The Morgan fingerprint density at radius 1 is 1.36 bits per heavy atom. The quantitative estimate of drug-likeness (QED) is 0.734. The van der Waals surface area contributed by atoms with E-state index in [1.54, 1.807) is 17.5 Å². The van der Waals surface area contributed by atoms with E-state index in [-0.39, 0.29) is 18.0 Å². The summed E-state index contributed by atoms with van der Waals surface area (Å²) in [5.74, 6) is -0.150. The van der Waals surface area contributed by atoms with Crippen LogP contribution in [0.15, 0.2) is 24.4 Å². The first-order valence-electron chi connectivity index (χ1n) is 8.36. The van der Waals surface area contributed by atoms with Crippen LogP contribution in [0.1, 0.15) is 42.0 Å². The Hall–Kier alpha value is -2.25. The zero-order valence-electron chi connectivity index (χ0n) is 14.9. The molecule has 3 rings (SSSR count). The number of nitrogens with two attached hydrogens (primary N) is 1. The van der Waals surface area contributed by atoms with Crippen molar-refractivity contribution in [2.24, 2.45) is 5.73 Å². The van der Waals surface area contributed by atoms with E-state index in [0.29, 0.717) is 12.1 Å². The Balaban J connectivity index is 2.18. The number of thiophene rings is 1. The van der Waals surface area contributed by atoms with Crippen molar-refractivity contribution in [3.63, 3.8) is 0 Å². The van der Waals surface area contributed by atoms with Crippen LogP contribution in [0.4, 0.5) is 0 Å². The van der Waals surface area contributed by atoms with Gasteiger partial charge in [-0.25, -0.2) is 9.67 Å². The van der Waals surface area contributed by atoms with Gasteiger partial charge >= 0.3 is 0 Å². The molecule has 0 bridgehead atoms. The molecule has 3 aromatic heterocycles. The molecule has 0 aliphatic rings. The number of nitrogens with zero attached hydrogens (tertiary/aromatic N) is 3. The van der Waals surface area contributed by atoms with Crippen LogP contribution < -0.4 is 11.1 Å². The zero-order chi connectivity index (χ0) is 18.1. The molecule has 0 radical (unpaired) electrons. The number of hydrogen-bond acceptors (Lipinski definition) is 5. The summed E-state index contributed by atoms with van der Waals surface area (Å²) in [6.07, 6.45) is 1.72.